The molecule has 46 heavy (non-hydrogen) atoms. The van der Waals surface area contributed by atoms with Gasteiger partial charge in [-0.1, -0.05) is 53.7 Å². The Morgan fingerprint density at radius 2 is 1.59 bits per heavy atom. The second kappa shape index (κ2) is 9.82. The summed E-state index contributed by atoms with van der Waals surface area (Å²) in [5.41, 5.74) is 0.0680. The zero-order valence-electron chi connectivity index (χ0n) is 29.1. The van der Waals surface area contributed by atoms with Gasteiger partial charge in [0.25, 0.3) is 0 Å². The largest absolute Gasteiger partial charge is 0.416 e. The maximum Gasteiger partial charge on any atom is 0.416 e. The normalized spacial score (nSPS) is 48.7. The molecule has 0 radical (unpaired) electrons. The molecule has 11 atom stereocenters. The molecule has 0 amide bonds. The van der Waals surface area contributed by atoms with Gasteiger partial charge in [0, 0.05) is 11.3 Å². The number of allylic oxidation sites excluding steroid dienone is 1. The fraction of sp³-hybridized carbons (Fsp3) is 0.750. The minimum atomic E-state index is -4.38. The zero-order chi connectivity index (χ0) is 33.5. The number of benzene rings is 1. The van der Waals surface area contributed by atoms with Crippen molar-refractivity contribution in [1.82, 2.24) is 0 Å². The molecule has 2 aliphatic heterocycles. The van der Waals surface area contributed by atoms with Crippen LogP contribution in [0.15, 0.2) is 29.8 Å². The lowest BCUT2D eigenvalue weighted by molar-refractivity contribution is -0.317. The Bertz CT molecular complexity index is 1490. The summed E-state index contributed by atoms with van der Waals surface area (Å²) < 4.78 is 46.4. The average molecular weight is 639 g/mol. The number of Topliss-reactive ketones (excluding diaryl/α,β-unsaturated/α-hetero) is 2. The molecule has 2 bridgehead atoms. The van der Waals surface area contributed by atoms with E-state index in [1.165, 1.54) is 18.6 Å². The van der Waals surface area contributed by atoms with Gasteiger partial charge in [-0.15, -0.1) is 0 Å². The molecule has 0 aromatic heterocycles. The molecule has 1 spiro atoms. The van der Waals surface area contributed by atoms with Crippen molar-refractivity contribution in [2.45, 2.75) is 119 Å². The summed E-state index contributed by atoms with van der Waals surface area (Å²) in [6.07, 6.45) is 5.85. The van der Waals surface area contributed by atoms with Gasteiger partial charge in [-0.3, -0.25) is 9.59 Å². The van der Waals surface area contributed by atoms with Gasteiger partial charge >= 0.3 is 6.18 Å². The van der Waals surface area contributed by atoms with E-state index in [2.05, 4.69) is 48.5 Å². The van der Waals surface area contributed by atoms with Crippen LogP contribution in [0.3, 0.4) is 0 Å². The molecule has 2 saturated heterocycles. The molecule has 2 heterocycles. The highest BCUT2D eigenvalue weighted by Crippen LogP contribution is 2.78. The second-order valence-electron chi connectivity index (χ2n) is 18.2. The molecule has 8 rings (SSSR count). The summed E-state index contributed by atoms with van der Waals surface area (Å²) in [5.74, 6) is 2.57. The third-order valence-corrected chi connectivity index (χ3v) is 16.3. The molecule has 5 saturated carbocycles. The highest BCUT2D eigenvalue weighted by atomic mass is 19.4. The summed E-state index contributed by atoms with van der Waals surface area (Å²) in [6, 6.07) is 5.24. The van der Waals surface area contributed by atoms with E-state index in [9.17, 15) is 22.8 Å². The van der Waals surface area contributed by atoms with E-state index in [0.717, 1.165) is 62.8 Å². The minimum absolute atomic E-state index is 0.0185. The van der Waals surface area contributed by atoms with Gasteiger partial charge in [-0.2, -0.15) is 13.2 Å². The zero-order valence-corrected chi connectivity index (χ0v) is 29.1. The number of hydrogen-bond acceptors (Lipinski definition) is 3. The molecule has 7 aliphatic rings. The molecule has 1 aromatic rings. The predicted molar refractivity (Wildman–Crippen MR) is 174 cm³/mol. The molecular weight excluding hydrogens is 585 g/mol. The van der Waals surface area contributed by atoms with Crippen LogP contribution in [0.5, 0.6) is 0 Å². The van der Waals surface area contributed by atoms with Crippen molar-refractivity contribution in [1.29, 1.82) is 0 Å². The number of halogens is 3. The summed E-state index contributed by atoms with van der Waals surface area (Å²) in [5, 5.41) is 0. The van der Waals surface area contributed by atoms with Crippen molar-refractivity contribution in [3.05, 3.63) is 41.0 Å². The summed E-state index contributed by atoms with van der Waals surface area (Å²) >= 11 is 0. The average Bonchev–Trinajstić information content (AvgIpc) is 2.97. The van der Waals surface area contributed by atoms with Crippen LogP contribution in [0, 0.1) is 62.6 Å². The standard InChI is InChI=1S/C40H53F3O3/c1-23-32-28-13-14-31-35(5)20-26(19-25-9-11-27(12-10-25)40(41,42)43)33(45)34(3,4)30(35)15-16-37(31,7)36(28,6)17-18-39(32)21-29(24(2)44)38(23,8)46-22-39/h9-12,19,23,28-32H,13-18,20-22H2,1-8H3/b26-19-/t23-,28+,29+,30-,31+,32+,35-,36+,37+,38?,39-/m0/s1. The smallest absolute Gasteiger partial charge is 0.374 e. The van der Waals surface area contributed by atoms with Gasteiger partial charge in [0.2, 0.25) is 0 Å². The lowest BCUT2D eigenvalue weighted by atomic mass is 9.30. The lowest BCUT2D eigenvalue weighted by Crippen LogP contribution is -2.73. The van der Waals surface area contributed by atoms with E-state index in [4.69, 9.17) is 4.74 Å². The van der Waals surface area contributed by atoms with Gasteiger partial charge in [0.15, 0.2) is 5.78 Å². The van der Waals surface area contributed by atoms with Crippen LogP contribution in [0.25, 0.3) is 6.08 Å². The monoisotopic (exact) mass is 638 g/mol. The van der Waals surface area contributed by atoms with Gasteiger partial charge in [0.05, 0.1) is 17.8 Å². The SMILES string of the molecule is CC(=O)[C@H]1C[C@]23CC[C@]4(C)[C@H](CC[C@@H]5[C@@]6(C)C/C(=C/c7ccc(C(F)(F)F)cc7)C(=O)C(C)(C)[C@@H]6CC[C@]54C)[C@H]2[C@H](C)C1(C)OC3. The van der Waals surface area contributed by atoms with Crippen molar-refractivity contribution in [3.63, 3.8) is 0 Å². The Kier molecular flexibility index (Phi) is 6.96. The molecule has 1 aromatic carbocycles. The number of rotatable bonds is 2. The first-order valence-corrected chi connectivity index (χ1v) is 17.8. The van der Waals surface area contributed by atoms with Crippen LogP contribution in [0.2, 0.25) is 0 Å². The van der Waals surface area contributed by atoms with E-state index in [-0.39, 0.29) is 45.1 Å². The Balaban J connectivity index is 1.24. The van der Waals surface area contributed by atoms with Crippen LogP contribution in [0.4, 0.5) is 13.2 Å². The van der Waals surface area contributed by atoms with E-state index in [0.29, 0.717) is 35.7 Å². The quantitative estimate of drug-likeness (QED) is 0.303. The number of ketones is 2. The Labute approximate surface area is 273 Å². The maximum atomic E-state index is 14.1. The molecular formula is C40H53F3O3. The Hall–Kier alpha value is -1.95. The first-order chi connectivity index (χ1) is 21.2. The molecule has 0 N–H and O–H groups in total. The van der Waals surface area contributed by atoms with E-state index in [1.54, 1.807) is 6.92 Å². The van der Waals surface area contributed by atoms with Crippen LogP contribution in [-0.4, -0.2) is 23.8 Å². The van der Waals surface area contributed by atoms with E-state index >= 15 is 0 Å². The highest BCUT2D eigenvalue weighted by molar-refractivity contribution is 6.04. The van der Waals surface area contributed by atoms with Gasteiger partial charge < -0.3 is 4.74 Å². The number of alkyl halides is 3. The number of carbonyl (C=O) groups excluding carboxylic acids is 2. The fourth-order valence-corrected chi connectivity index (χ4v) is 13.8. The van der Waals surface area contributed by atoms with Crippen LogP contribution < -0.4 is 0 Å². The number of ether oxygens (including phenoxy) is 1. The first kappa shape index (κ1) is 32.6. The summed E-state index contributed by atoms with van der Waals surface area (Å²) in [4.78, 5) is 27.0. The second-order valence-corrected chi connectivity index (χ2v) is 18.2. The fourth-order valence-electron chi connectivity index (χ4n) is 13.8. The minimum Gasteiger partial charge on any atom is -0.374 e. The van der Waals surface area contributed by atoms with Crippen molar-refractivity contribution in [3.8, 4) is 0 Å². The molecule has 7 fully saturated rings. The maximum absolute atomic E-state index is 14.1. The Morgan fingerprint density at radius 1 is 0.913 bits per heavy atom. The molecule has 1 unspecified atom stereocenters. The van der Waals surface area contributed by atoms with Crippen molar-refractivity contribution < 1.29 is 27.5 Å². The van der Waals surface area contributed by atoms with Crippen LogP contribution >= 0.6 is 0 Å². The van der Waals surface area contributed by atoms with Crippen LogP contribution in [-0.2, 0) is 20.5 Å². The predicted octanol–water partition coefficient (Wildman–Crippen LogP) is 9.97. The van der Waals surface area contributed by atoms with Crippen molar-refractivity contribution in [2.75, 3.05) is 6.61 Å². The third-order valence-electron chi connectivity index (χ3n) is 16.3. The molecule has 5 aliphatic carbocycles. The first-order valence-electron chi connectivity index (χ1n) is 17.8. The van der Waals surface area contributed by atoms with Gasteiger partial charge in [-0.25, -0.2) is 0 Å². The van der Waals surface area contributed by atoms with Crippen molar-refractivity contribution in [2.24, 2.45) is 62.6 Å². The van der Waals surface area contributed by atoms with Gasteiger partial charge in [-0.05, 0) is 146 Å². The van der Waals surface area contributed by atoms with Gasteiger partial charge in [0.1, 0.15) is 5.78 Å². The topological polar surface area (TPSA) is 43.4 Å². The number of carbonyl (C=O) groups is 2. The molecule has 6 heteroatoms. The van der Waals surface area contributed by atoms with Crippen molar-refractivity contribution >= 4 is 17.6 Å². The van der Waals surface area contributed by atoms with E-state index in [1.807, 2.05) is 6.08 Å². The Morgan fingerprint density at radius 3 is 2.22 bits per heavy atom. The number of hydrogen-bond donors (Lipinski definition) is 0. The van der Waals surface area contributed by atoms with Crippen LogP contribution in [0.1, 0.15) is 118 Å². The third kappa shape index (κ3) is 4.06. The lowest BCUT2D eigenvalue weighted by Gasteiger charge is -2.76. The van der Waals surface area contributed by atoms with E-state index < -0.39 is 22.8 Å². The number of fused-ring (bicyclic) bond motifs is 7. The highest BCUT2D eigenvalue weighted by Gasteiger charge is 2.74. The summed E-state index contributed by atoms with van der Waals surface area (Å²) in [6.45, 7) is 19.0. The molecule has 252 valence electrons. The molecule has 3 nitrogen and oxygen atoms in total. The summed E-state index contributed by atoms with van der Waals surface area (Å²) in [7, 11) is 0.